The predicted molar refractivity (Wildman–Crippen MR) is 191 cm³/mol. The van der Waals surface area contributed by atoms with Crippen molar-refractivity contribution >= 4 is 48.7 Å². The van der Waals surface area contributed by atoms with Crippen molar-refractivity contribution in [2.75, 3.05) is 26.8 Å². The summed E-state index contributed by atoms with van der Waals surface area (Å²) in [6, 6.07) is 12.1. The molecule has 14 heteroatoms. The van der Waals surface area contributed by atoms with Crippen LogP contribution in [0.15, 0.2) is 48.5 Å². The van der Waals surface area contributed by atoms with Gasteiger partial charge in [-0.3, -0.25) is 14.2 Å². The van der Waals surface area contributed by atoms with E-state index in [4.69, 9.17) is 37.0 Å². The van der Waals surface area contributed by atoms with E-state index in [0.717, 1.165) is 37.7 Å². The van der Waals surface area contributed by atoms with Crippen molar-refractivity contribution in [3.8, 4) is 0 Å². The van der Waals surface area contributed by atoms with E-state index in [9.17, 15) is 24.1 Å². The summed E-state index contributed by atoms with van der Waals surface area (Å²) < 4.78 is 29.9. The number of carbonyl (C=O) groups is 3. The van der Waals surface area contributed by atoms with Crippen LogP contribution in [-0.4, -0.2) is 72.6 Å². The van der Waals surface area contributed by atoms with Gasteiger partial charge in [0.05, 0.1) is 19.3 Å². The molecule has 0 spiro atoms. The van der Waals surface area contributed by atoms with E-state index in [0.29, 0.717) is 35.0 Å². The maximum atomic E-state index is 13.9. The second kappa shape index (κ2) is 20.9. The molecule has 2 aromatic rings. The monoisotopic (exact) mass is 741 g/mol. The molecule has 0 aromatic heterocycles. The maximum Gasteiger partial charge on any atom is 0.408 e. The van der Waals surface area contributed by atoms with E-state index in [2.05, 4.69) is 10.6 Å². The van der Waals surface area contributed by atoms with E-state index < -0.39 is 37.5 Å². The number of amides is 3. The van der Waals surface area contributed by atoms with Crippen LogP contribution in [-0.2, 0) is 41.0 Å². The fourth-order valence-corrected chi connectivity index (χ4v) is 8.07. The SMILES string of the molecule is CCOP(=O)(OCC)C(O)[C@H](CCC(=O)N(C)CCc1cccc(Cl)c1)NC(=O)[C@H](CC1CCCCC1)NC(=O)OCc1cccc(Cl)c1. The number of nitrogens with one attached hydrogen (secondary N) is 2. The number of aliphatic hydroxyl groups excluding tert-OH is 1. The Morgan fingerprint density at radius 2 is 1.57 bits per heavy atom. The molecule has 0 saturated heterocycles. The lowest BCUT2D eigenvalue weighted by Crippen LogP contribution is -2.53. The van der Waals surface area contributed by atoms with Gasteiger partial charge in [0.15, 0.2) is 5.85 Å². The van der Waals surface area contributed by atoms with Crippen molar-refractivity contribution in [2.24, 2.45) is 5.92 Å². The van der Waals surface area contributed by atoms with Crippen molar-refractivity contribution < 1.29 is 37.8 Å². The third-order valence-corrected chi connectivity index (χ3v) is 11.2. The van der Waals surface area contributed by atoms with Crippen LogP contribution >= 0.6 is 30.8 Å². The van der Waals surface area contributed by atoms with Gasteiger partial charge in [0.25, 0.3) is 0 Å². The standard InChI is InChI=1S/C35H50Cl2N3O8P/c1-4-47-49(45,48-5-2)34(43)30(17-18-32(41)40(3)20-19-26-13-9-15-28(36)21-26)38-33(42)31(23-25-11-7-6-8-12-25)39-35(44)46-24-27-14-10-16-29(37)22-27/h9-10,13-16,21-22,25,30-31,34,43H,4-8,11-12,17-20,23-24H2,1-3H3,(H,38,42)(H,39,44)/t30-,31-,34?/m0/s1. The average Bonchev–Trinajstić information content (AvgIpc) is 3.08. The third-order valence-electron chi connectivity index (χ3n) is 8.51. The Morgan fingerprint density at radius 3 is 2.18 bits per heavy atom. The fourth-order valence-electron chi connectivity index (χ4n) is 5.88. The van der Waals surface area contributed by atoms with Gasteiger partial charge in [-0.05, 0) is 74.4 Å². The number of rotatable bonds is 19. The van der Waals surface area contributed by atoms with Gasteiger partial charge in [0.1, 0.15) is 12.6 Å². The lowest BCUT2D eigenvalue weighted by atomic mass is 9.84. The number of halogens is 2. The Kier molecular flexibility index (Phi) is 17.4. The zero-order chi connectivity index (χ0) is 35.8. The molecule has 2 aromatic carbocycles. The highest BCUT2D eigenvalue weighted by atomic mass is 35.5. The second-order valence-electron chi connectivity index (χ2n) is 12.3. The van der Waals surface area contributed by atoms with Gasteiger partial charge in [-0.1, -0.05) is 79.6 Å². The highest BCUT2D eigenvalue weighted by Gasteiger charge is 2.42. The molecule has 272 valence electrons. The largest absolute Gasteiger partial charge is 0.445 e. The zero-order valence-corrected chi connectivity index (χ0v) is 31.0. The summed E-state index contributed by atoms with van der Waals surface area (Å²) in [6.07, 6.45) is 4.99. The fraction of sp³-hybridized carbons (Fsp3) is 0.571. The molecule has 1 fully saturated rings. The lowest BCUT2D eigenvalue weighted by Gasteiger charge is -2.32. The highest BCUT2D eigenvalue weighted by Crippen LogP contribution is 2.53. The molecule has 0 heterocycles. The molecule has 0 aliphatic heterocycles. The summed E-state index contributed by atoms with van der Waals surface area (Å²) in [5.41, 5.74) is 1.66. The van der Waals surface area contributed by atoms with Gasteiger partial charge in [-0.15, -0.1) is 0 Å². The number of nitrogens with zero attached hydrogens (tertiary/aromatic N) is 1. The number of ether oxygens (including phenoxy) is 1. The first-order valence-electron chi connectivity index (χ1n) is 17.0. The third kappa shape index (κ3) is 13.9. The first kappa shape index (κ1) is 40.8. The number of likely N-dealkylation sites (N-methyl/N-ethyl adjacent to an activating group) is 1. The van der Waals surface area contributed by atoms with E-state index >= 15 is 0 Å². The molecule has 3 atom stereocenters. The Bertz CT molecular complexity index is 1400. The highest BCUT2D eigenvalue weighted by molar-refractivity contribution is 7.54. The van der Waals surface area contributed by atoms with E-state index in [1.165, 1.54) is 0 Å². The summed E-state index contributed by atoms with van der Waals surface area (Å²) in [6.45, 7) is 3.58. The zero-order valence-electron chi connectivity index (χ0n) is 28.6. The average molecular weight is 743 g/mol. The molecular weight excluding hydrogens is 692 g/mol. The Morgan fingerprint density at radius 1 is 0.959 bits per heavy atom. The number of hydrogen-bond acceptors (Lipinski definition) is 8. The van der Waals surface area contributed by atoms with Crippen molar-refractivity contribution in [1.82, 2.24) is 15.5 Å². The minimum atomic E-state index is -4.12. The summed E-state index contributed by atoms with van der Waals surface area (Å²) in [5.74, 6) is -2.42. The number of alkyl carbamates (subject to hydrolysis) is 1. The molecule has 11 nitrogen and oxygen atoms in total. The molecule has 3 amide bonds. The minimum Gasteiger partial charge on any atom is -0.445 e. The smallest absolute Gasteiger partial charge is 0.408 e. The van der Waals surface area contributed by atoms with Crippen LogP contribution in [0.3, 0.4) is 0 Å². The molecule has 3 N–H and O–H groups in total. The van der Waals surface area contributed by atoms with Crippen LogP contribution in [0.5, 0.6) is 0 Å². The number of aliphatic hydroxyl groups is 1. The van der Waals surface area contributed by atoms with Crippen molar-refractivity contribution in [1.29, 1.82) is 0 Å². The molecule has 49 heavy (non-hydrogen) atoms. The van der Waals surface area contributed by atoms with Crippen molar-refractivity contribution in [3.05, 3.63) is 69.7 Å². The summed E-state index contributed by atoms with van der Waals surface area (Å²) >= 11 is 12.1. The Labute approximate surface area is 299 Å². The van der Waals surface area contributed by atoms with E-state index in [1.807, 2.05) is 18.2 Å². The normalized spacial score (nSPS) is 15.6. The molecule has 0 radical (unpaired) electrons. The first-order valence-corrected chi connectivity index (χ1v) is 19.3. The predicted octanol–water partition coefficient (Wildman–Crippen LogP) is 7.11. The van der Waals surface area contributed by atoms with Gasteiger partial charge in [-0.25, -0.2) is 4.79 Å². The number of benzene rings is 2. The number of hydrogen-bond donors (Lipinski definition) is 3. The molecular formula is C35H50Cl2N3O8P. The Balaban J connectivity index is 1.75. The molecule has 3 rings (SSSR count). The van der Waals surface area contributed by atoms with Crippen LogP contribution in [0.1, 0.15) is 76.3 Å². The van der Waals surface area contributed by atoms with Crippen molar-refractivity contribution in [2.45, 2.75) is 96.2 Å². The van der Waals surface area contributed by atoms with Crippen LogP contribution in [0.25, 0.3) is 0 Å². The van der Waals surface area contributed by atoms with Crippen LogP contribution < -0.4 is 10.6 Å². The maximum absolute atomic E-state index is 13.9. The van der Waals surface area contributed by atoms with Crippen LogP contribution in [0, 0.1) is 5.92 Å². The molecule has 1 unspecified atom stereocenters. The Hall–Kier alpha value is -2.66. The van der Waals surface area contributed by atoms with Crippen molar-refractivity contribution in [3.63, 3.8) is 0 Å². The van der Waals surface area contributed by atoms with Gasteiger partial charge in [0, 0.05) is 30.1 Å². The topological polar surface area (TPSA) is 144 Å². The lowest BCUT2D eigenvalue weighted by molar-refractivity contribution is -0.131. The molecule has 1 aliphatic rings. The molecule has 1 aliphatic carbocycles. The van der Waals surface area contributed by atoms with Gasteiger partial charge in [0.2, 0.25) is 11.8 Å². The van der Waals surface area contributed by atoms with E-state index in [-0.39, 0.29) is 44.5 Å². The summed E-state index contributed by atoms with van der Waals surface area (Å²) in [5, 5.41) is 18.0. The van der Waals surface area contributed by atoms with Gasteiger partial charge in [-0.2, -0.15) is 0 Å². The summed E-state index contributed by atoms with van der Waals surface area (Å²) in [7, 11) is -2.46. The minimum absolute atomic E-state index is 0.00942. The quantitative estimate of drug-likeness (QED) is 0.129. The van der Waals surface area contributed by atoms with Gasteiger partial charge >= 0.3 is 13.7 Å². The van der Waals surface area contributed by atoms with Crippen LogP contribution in [0.2, 0.25) is 10.0 Å². The molecule has 0 bridgehead atoms. The van der Waals surface area contributed by atoms with Gasteiger partial charge < -0.3 is 34.4 Å². The van der Waals surface area contributed by atoms with E-state index in [1.54, 1.807) is 56.1 Å². The van der Waals surface area contributed by atoms with Crippen LogP contribution in [0.4, 0.5) is 4.79 Å². The first-order chi connectivity index (χ1) is 23.4. The molecule has 1 saturated carbocycles. The second-order valence-corrected chi connectivity index (χ2v) is 15.3. The number of carbonyl (C=O) groups excluding carboxylic acids is 3. The summed E-state index contributed by atoms with van der Waals surface area (Å²) in [4.78, 5) is 41.6.